The topological polar surface area (TPSA) is 66.9 Å². The van der Waals surface area contributed by atoms with Crippen LogP contribution in [0.4, 0.5) is 0 Å². The highest BCUT2D eigenvalue weighted by molar-refractivity contribution is 7.89. The number of ether oxygens (including phenoxy) is 1. The Kier molecular flexibility index (Phi) is 8.34. The van der Waals surface area contributed by atoms with E-state index in [0.29, 0.717) is 36.7 Å². The van der Waals surface area contributed by atoms with Crippen LogP contribution < -0.4 is 4.74 Å². The van der Waals surface area contributed by atoms with E-state index >= 15 is 0 Å². The largest absolute Gasteiger partial charge is 0.493 e. The summed E-state index contributed by atoms with van der Waals surface area (Å²) in [6.45, 7) is 1.33. The molecule has 0 saturated carbocycles. The second-order valence-corrected chi connectivity index (χ2v) is 11.8. The second kappa shape index (κ2) is 11.5. The summed E-state index contributed by atoms with van der Waals surface area (Å²) in [5.74, 6) is 0.654. The van der Waals surface area contributed by atoms with Crippen molar-refractivity contribution in [3.8, 4) is 5.75 Å². The van der Waals surface area contributed by atoms with Crippen LogP contribution in [0, 0.1) is 5.41 Å². The van der Waals surface area contributed by atoms with Crippen LogP contribution in [0.15, 0.2) is 89.8 Å². The number of piperidine rings is 1. The van der Waals surface area contributed by atoms with E-state index in [1.165, 1.54) is 16.4 Å². The summed E-state index contributed by atoms with van der Waals surface area (Å²) in [7, 11) is -1.96. The monoisotopic (exact) mass is 526 g/mol. The Bertz CT molecular complexity index is 1250. The van der Waals surface area contributed by atoms with Gasteiger partial charge in [0.1, 0.15) is 5.75 Å². The minimum absolute atomic E-state index is 0.0405. The highest BCUT2D eigenvalue weighted by Crippen LogP contribution is 2.37. The van der Waals surface area contributed by atoms with Crippen molar-refractivity contribution in [1.29, 1.82) is 0 Å². The zero-order chi connectivity index (χ0) is 25.6. The van der Waals surface area contributed by atoms with Gasteiger partial charge in [0.15, 0.2) is 0 Å². The van der Waals surface area contributed by atoms with Crippen molar-refractivity contribution in [3.63, 3.8) is 0 Å². The first-order valence-electron chi connectivity index (χ1n) is 12.0. The molecule has 1 saturated heterocycles. The van der Waals surface area contributed by atoms with Crippen molar-refractivity contribution < 1.29 is 17.9 Å². The van der Waals surface area contributed by atoms with Gasteiger partial charge in [0.25, 0.3) is 0 Å². The normalized spacial score (nSPS) is 18.5. The van der Waals surface area contributed by atoms with Gasteiger partial charge in [-0.25, -0.2) is 8.42 Å². The maximum absolute atomic E-state index is 13.5. The molecule has 0 unspecified atom stereocenters. The van der Waals surface area contributed by atoms with Gasteiger partial charge >= 0.3 is 0 Å². The first-order chi connectivity index (χ1) is 17.3. The third-order valence-corrected chi connectivity index (χ3v) is 8.69. The van der Waals surface area contributed by atoms with E-state index in [2.05, 4.69) is 0 Å². The molecular weight excluding hydrogens is 496 g/mol. The molecule has 0 aromatic heterocycles. The van der Waals surface area contributed by atoms with Gasteiger partial charge in [-0.2, -0.15) is 4.31 Å². The van der Waals surface area contributed by atoms with Crippen molar-refractivity contribution in [3.05, 3.63) is 95.5 Å². The lowest BCUT2D eigenvalue weighted by molar-refractivity contribution is -0.134. The van der Waals surface area contributed by atoms with Crippen LogP contribution in [0.5, 0.6) is 5.75 Å². The molecule has 1 fully saturated rings. The van der Waals surface area contributed by atoms with Gasteiger partial charge in [0, 0.05) is 43.5 Å². The quantitative estimate of drug-likeness (QED) is 0.382. The Morgan fingerprint density at radius 1 is 1.00 bits per heavy atom. The van der Waals surface area contributed by atoms with Crippen LogP contribution >= 0.6 is 11.6 Å². The number of rotatable bonds is 9. The molecule has 190 valence electrons. The lowest BCUT2D eigenvalue weighted by Crippen LogP contribution is -2.50. The smallest absolute Gasteiger partial charge is 0.243 e. The fraction of sp³-hybridized carbons (Fsp3) is 0.321. The van der Waals surface area contributed by atoms with E-state index in [0.717, 1.165) is 5.56 Å². The minimum atomic E-state index is -3.74. The summed E-state index contributed by atoms with van der Waals surface area (Å²) in [5, 5.41) is 0.477. The molecule has 0 aliphatic carbocycles. The fourth-order valence-electron chi connectivity index (χ4n) is 4.59. The van der Waals surface area contributed by atoms with Gasteiger partial charge < -0.3 is 9.64 Å². The van der Waals surface area contributed by atoms with Gasteiger partial charge in [-0.3, -0.25) is 4.79 Å². The average molecular weight is 527 g/mol. The minimum Gasteiger partial charge on any atom is -0.493 e. The Morgan fingerprint density at radius 2 is 1.64 bits per heavy atom. The summed E-state index contributed by atoms with van der Waals surface area (Å²) < 4.78 is 34.5. The predicted molar refractivity (Wildman–Crippen MR) is 141 cm³/mol. The summed E-state index contributed by atoms with van der Waals surface area (Å²) in [4.78, 5) is 15.3. The number of carbonyl (C=O) groups is 1. The number of benzene rings is 3. The second-order valence-electron chi connectivity index (χ2n) is 9.41. The van der Waals surface area contributed by atoms with E-state index in [4.69, 9.17) is 16.3 Å². The van der Waals surface area contributed by atoms with Crippen molar-refractivity contribution in [1.82, 2.24) is 9.21 Å². The van der Waals surface area contributed by atoms with Crippen molar-refractivity contribution in [2.24, 2.45) is 5.41 Å². The Balaban J connectivity index is 1.56. The SMILES string of the molecule is CN(Cc1ccccc1)C(=O)C[C@@]1(COc2ccccc2)CCCN(S(=O)(=O)c2ccc(Cl)cc2)C1. The standard InChI is InChI=1S/C28H31ClN2O4S/c1-30(20-23-9-4-2-5-10-23)27(32)19-28(22-35-25-11-6-3-7-12-25)17-8-18-31(21-28)36(33,34)26-15-13-24(29)14-16-26/h2-7,9-16H,8,17-22H2,1H3/t28-/m0/s1. The van der Waals surface area contributed by atoms with E-state index in [9.17, 15) is 13.2 Å². The molecule has 0 spiro atoms. The first-order valence-corrected chi connectivity index (χ1v) is 13.8. The predicted octanol–water partition coefficient (Wildman–Crippen LogP) is 5.24. The fourth-order valence-corrected chi connectivity index (χ4v) is 6.31. The number of nitrogens with zero attached hydrogens (tertiary/aromatic N) is 2. The lowest BCUT2D eigenvalue weighted by atomic mass is 9.78. The third-order valence-electron chi connectivity index (χ3n) is 6.58. The molecule has 8 heteroatoms. The highest BCUT2D eigenvalue weighted by Gasteiger charge is 2.43. The molecule has 0 radical (unpaired) electrons. The van der Waals surface area contributed by atoms with Crippen LogP contribution in [-0.4, -0.2) is 50.3 Å². The Hall–Kier alpha value is -2.87. The summed E-state index contributed by atoms with van der Waals surface area (Å²) in [6, 6.07) is 25.4. The molecule has 4 rings (SSSR count). The molecule has 1 heterocycles. The summed E-state index contributed by atoms with van der Waals surface area (Å²) in [6.07, 6.45) is 1.52. The van der Waals surface area contributed by atoms with Crippen LogP contribution in [0.3, 0.4) is 0 Å². The number of para-hydroxylation sites is 1. The van der Waals surface area contributed by atoms with Crippen molar-refractivity contribution in [2.75, 3.05) is 26.7 Å². The van der Waals surface area contributed by atoms with Crippen molar-refractivity contribution in [2.45, 2.75) is 30.7 Å². The third kappa shape index (κ3) is 6.46. The molecule has 3 aromatic carbocycles. The van der Waals surface area contributed by atoms with E-state index in [1.807, 2.05) is 60.7 Å². The van der Waals surface area contributed by atoms with E-state index in [-0.39, 0.29) is 30.4 Å². The first kappa shape index (κ1) is 26.2. The van der Waals surface area contributed by atoms with E-state index < -0.39 is 15.4 Å². The molecule has 0 bridgehead atoms. The highest BCUT2D eigenvalue weighted by atomic mass is 35.5. The maximum Gasteiger partial charge on any atom is 0.243 e. The number of halogens is 1. The molecule has 3 aromatic rings. The van der Waals surface area contributed by atoms with Crippen LogP contribution in [0.25, 0.3) is 0 Å². The number of hydrogen-bond donors (Lipinski definition) is 0. The van der Waals surface area contributed by atoms with Crippen LogP contribution in [0.2, 0.25) is 5.02 Å². The van der Waals surface area contributed by atoms with Crippen LogP contribution in [0.1, 0.15) is 24.8 Å². The zero-order valence-corrected chi connectivity index (χ0v) is 21.9. The van der Waals surface area contributed by atoms with Gasteiger partial charge in [0.05, 0.1) is 11.5 Å². The molecular formula is C28H31ClN2O4S. The molecule has 1 amide bonds. The molecule has 36 heavy (non-hydrogen) atoms. The molecule has 6 nitrogen and oxygen atoms in total. The zero-order valence-electron chi connectivity index (χ0n) is 20.3. The summed E-state index contributed by atoms with van der Waals surface area (Å²) >= 11 is 5.97. The lowest BCUT2D eigenvalue weighted by Gasteiger charge is -2.42. The molecule has 0 N–H and O–H groups in total. The molecule has 1 atom stereocenters. The number of sulfonamides is 1. The maximum atomic E-state index is 13.5. The number of carbonyl (C=O) groups excluding carboxylic acids is 1. The number of amides is 1. The average Bonchev–Trinajstić information content (AvgIpc) is 2.89. The van der Waals surface area contributed by atoms with Gasteiger partial charge in [-0.1, -0.05) is 60.1 Å². The molecule has 1 aliphatic rings. The van der Waals surface area contributed by atoms with Crippen LogP contribution in [-0.2, 0) is 21.4 Å². The summed E-state index contributed by atoms with van der Waals surface area (Å²) in [5.41, 5.74) is 0.383. The van der Waals surface area contributed by atoms with Gasteiger partial charge in [-0.05, 0) is 54.8 Å². The van der Waals surface area contributed by atoms with Crippen molar-refractivity contribution >= 4 is 27.5 Å². The molecule has 1 aliphatic heterocycles. The Morgan fingerprint density at radius 3 is 2.31 bits per heavy atom. The van der Waals surface area contributed by atoms with Gasteiger partial charge in [0.2, 0.25) is 15.9 Å². The van der Waals surface area contributed by atoms with E-state index in [1.54, 1.807) is 24.1 Å². The number of hydrogen-bond acceptors (Lipinski definition) is 4. The Labute approximate surface area is 218 Å². The van der Waals surface area contributed by atoms with Gasteiger partial charge in [-0.15, -0.1) is 0 Å².